The predicted octanol–water partition coefficient (Wildman–Crippen LogP) is 1.45. The van der Waals surface area contributed by atoms with Crippen LogP contribution in [0.25, 0.3) is 0 Å². The molecule has 0 saturated heterocycles. The van der Waals surface area contributed by atoms with Crippen molar-refractivity contribution in [1.82, 2.24) is 9.88 Å². The van der Waals surface area contributed by atoms with Crippen LogP contribution in [0.4, 0.5) is 5.69 Å². The lowest BCUT2D eigenvalue weighted by Crippen LogP contribution is -2.34. The highest BCUT2D eigenvalue weighted by atomic mass is 16.4. The number of pyridine rings is 1. The Balaban J connectivity index is 1.71. The molecule has 2 amide bonds. The lowest BCUT2D eigenvalue weighted by molar-refractivity contribution is 0.0660. The maximum absolute atomic E-state index is 12.1. The molecule has 22 heavy (non-hydrogen) atoms. The Morgan fingerprint density at radius 3 is 2.50 bits per heavy atom. The van der Waals surface area contributed by atoms with Gasteiger partial charge in [0.25, 0.3) is 11.8 Å². The standard InChI is InChI=1S/C15H11N3O4/c19-13-11-2-1-7-16-12(11)14(20)18(13)8-17-10-5-3-9(4-6-10)15(21)22/h1-7,17H,8H2,(H,21,22). The van der Waals surface area contributed by atoms with Crippen molar-refractivity contribution in [3.05, 3.63) is 59.4 Å². The van der Waals surface area contributed by atoms with Crippen LogP contribution >= 0.6 is 0 Å². The van der Waals surface area contributed by atoms with Crippen molar-refractivity contribution in [2.45, 2.75) is 0 Å². The van der Waals surface area contributed by atoms with Crippen LogP contribution in [-0.2, 0) is 0 Å². The third-order valence-electron chi connectivity index (χ3n) is 3.30. The topological polar surface area (TPSA) is 99.6 Å². The SMILES string of the molecule is O=C(O)c1ccc(NCN2C(=O)c3cccnc3C2=O)cc1. The third-order valence-corrected chi connectivity index (χ3v) is 3.30. The summed E-state index contributed by atoms with van der Waals surface area (Å²) < 4.78 is 0. The van der Waals surface area contributed by atoms with Gasteiger partial charge in [0.15, 0.2) is 0 Å². The van der Waals surface area contributed by atoms with E-state index >= 15 is 0 Å². The number of carbonyl (C=O) groups is 3. The summed E-state index contributed by atoms with van der Waals surface area (Å²) in [5, 5.41) is 11.7. The van der Waals surface area contributed by atoms with Crippen LogP contribution in [-0.4, -0.2) is 39.4 Å². The summed E-state index contributed by atoms with van der Waals surface area (Å²) in [6.45, 7) is -0.0134. The van der Waals surface area contributed by atoms with Crippen molar-refractivity contribution in [2.24, 2.45) is 0 Å². The molecule has 2 N–H and O–H groups in total. The minimum atomic E-state index is -1.02. The fourth-order valence-corrected chi connectivity index (χ4v) is 2.16. The molecule has 1 aliphatic rings. The van der Waals surface area contributed by atoms with E-state index in [1.807, 2.05) is 0 Å². The Hall–Kier alpha value is -3.22. The predicted molar refractivity (Wildman–Crippen MR) is 76.6 cm³/mol. The number of aromatic carboxylic acids is 1. The molecule has 0 radical (unpaired) electrons. The number of carboxylic acid groups (broad SMARTS) is 1. The first kappa shape index (κ1) is 13.7. The Kier molecular flexibility index (Phi) is 3.30. The summed E-state index contributed by atoms with van der Waals surface area (Å²) in [5.74, 6) is -1.86. The van der Waals surface area contributed by atoms with Crippen molar-refractivity contribution < 1.29 is 19.5 Å². The summed E-state index contributed by atoms with van der Waals surface area (Å²) in [4.78, 5) is 40.0. The van der Waals surface area contributed by atoms with Crippen LogP contribution in [0.1, 0.15) is 31.2 Å². The second kappa shape index (κ2) is 5.28. The van der Waals surface area contributed by atoms with Gasteiger partial charge in [-0.15, -0.1) is 0 Å². The zero-order valence-corrected chi connectivity index (χ0v) is 11.3. The van der Waals surface area contributed by atoms with Gasteiger partial charge in [-0.05, 0) is 36.4 Å². The summed E-state index contributed by atoms with van der Waals surface area (Å²) in [6, 6.07) is 9.18. The largest absolute Gasteiger partial charge is 0.478 e. The fraction of sp³-hybridized carbons (Fsp3) is 0.0667. The van der Waals surface area contributed by atoms with Crippen molar-refractivity contribution >= 4 is 23.5 Å². The molecule has 0 aliphatic carbocycles. The van der Waals surface area contributed by atoms with E-state index in [4.69, 9.17) is 5.11 Å². The Labute approximate surface area is 125 Å². The average Bonchev–Trinajstić information content (AvgIpc) is 2.78. The number of fused-ring (bicyclic) bond motifs is 1. The molecular weight excluding hydrogens is 286 g/mol. The van der Waals surface area contributed by atoms with E-state index < -0.39 is 17.8 Å². The number of benzene rings is 1. The lowest BCUT2D eigenvalue weighted by atomic mass is 10.2. The van der Waals surface area contributed by atoms with E-state index in [0.717, 1.165) is 4.90 Å². The second-order valence-corrected chi connectivity index (χ2v) is 4.66. The Morgan fingerprint density at radius 2 is 1.86 bits per heavy atom. The van der Waals surface area contributed by atoms with Crippen molar-refractivity contribution in [3.8, 4) is 0 Å². The van der Waals surface area contributed by atoms with Crippen molar-refractivity contribution in [1.29, 1.82) is 0 Å². The molecule has 1 aliphatic heterocycles. The van der Waals surface area contributed by atoms with E-state index in [0.29, 0.717) is 5.69 Å². The van der Waals surface area contributed by atoms with E-state index in [9.17, 15) is 14.4 Å². The molecule has 1 aromatic carbocycles. The Morgan fingerprint density at radius 1 is 1.14 bits per heavy atom. The number of nitrogens with one attached hydrogen (secondary N) is 1. The van der Waals surface area contributed by atoms with Gasteiger partial charge in [-0.2, -0.15) is 0 Å². The third kappa shape index (κ3) is 2.28. The number of aromatic nitrogens is 1. The molecule has 3 rings (SSSR count). The number of carbonyl (C=O) groups excluding carboxylic acids is 2. The van der Waals surface area contributed by atoms with Gasteiger partial charge in [-0.1, -0.05) is 0 Å². The van der Waals surface area contributed by atoms with E-state index in [-0.39, 0.29) is 23.5 Å². The minimum Gasteiger partial charge on any atom is -0.478 e. The van der Waals surface area contributed by atoms with Gasteiger partial charge >= 0.3 is 5.97 Å². The molecule has 1 aromatic heterocycles. The van der Waals surface area contributed by atoms with Gasteiger partial charge in [-0.3, -0.25) is 19.5 Å². The summed E-state index contributed by atoms with van der Waals surface area (Å²) in [7, 11) is 0. The van der Waals surface area contributed by atoms with Gasteiger partial charge < -0.3 is 10.4 Å². The van der Waals surface area contributed by atoms with Gasteiger partial charge in [0.1, 0.15) is 5.69 Å². The van der Waals surface area contributed by atoms with E-state index in [1.165, 1.54) is 18.3 Å². The minimum absolute atomic E-state index is 0.0134. The average molecular weight is 297 g/mol. The number of nitrogens with zero attached hydrogens (tertiary/aromatic N) is 2. The lowest BCUT2D eigenvalue weighted by Gasteiger charge is -2.15. The van der Waals surface area contributed by atoms with Gasteiger partial charge in [0, 0.05) is 11.9 Å². The maximum Gasteiger partial charge on any atom is 0.335 e. The van der Waals surface area contributed by atoms with Crippen LogP contribution in [0.5, 0.6) is 0 Å². The molecular formula is C15H11N3O4. The number of rotatable bonds is 4. The van der Waals surface area contributed by atoms with Crippen molar-refractivity contribution in [2.75, 3.05) is 12.0 Å². The molecule has 7 nitrogen and oxygen atoms in total. The second-order valence-electron chi connectivity index (χ2n) is 4.66. The zero-order valence-electron chi connectivity index (χ0n) is 11.3. The first-order chi connectivity index (χ1) is 10.6. The zero-order chi connectivity index (χ0) is 15.7. The molecule has 2 heterocycles. The number of carboxylic acids is 1. The normalized spacial score (nSPS) is 13.2. The number of amides is 2. The fourth-order valence-electron chi connectivity index (χ4n) is 2.16. The molecule has 0 fully saturated rings. The van der Waals surface area contributed by atoms with Crippen LogP contribution in [0, 0.1) is 0 Å². The number of anilines is 1. The highest BCUT2D eigenvalue weighted by Gasteiger charge is 2.36. The first-order valence-electron chi connectivity index (χ1n) is 6.46. The van der Waals surface area contributed by atoms with Crippen molar-refractivity contribution in [3.63, 3.8) is 0 Å². The summed E-state index contributed by atoms with van der Waals surface area (Å²) in [6.07, 6.45) is 1.46. The molecule has 0 atom stereocenters. The maximum atomic E-state index is 12.1. The molecule has 0 spiro atoms. The quantitative estimate of drug-likeness (QED) is 0.828. The highest BCUT2D eigenvalue weighted by Crippen LogP contribution is 2.20. The van der Waals surface area contributed by atoms with E-state index in [2.05, 4.69) is 10.3 Å². The molecule has 110 valence electrons. The van der Waals surface area contributed by atoms with Crippen LogP contribution in [0.3, 0.4) is 0 Å². The smallest absolute Gasteiger partial charge is 0.335 e. The van der Waals surface area contributed by atoms with Gasteiger partial charge in [-0.25, -0.2) is 4.79 Å². The van der Waals surface area contributed by atoms with Crippen LogP contribution in [0.15, 0.2) is 42.6 Å². The molecule has 2 aromatic rings. The number of imide groups is 1. The molecule has 0 saturated carbocycles. The summed E-state index contributed by atoms with van der Waals surface area (Å²) >= 11 is 0. The van der Waals surface area contributed by atoms with Crippen LogP contribution < -0.4 is 5.32 Å². The molecule has 0 unspecified atom stereocenters. The summed E-state index contributed by atoms with van der Waals surface area (Å²) in [5.41, 5.74) is 1.20. The first-order valence-corrected chi connectivity index (χ1v) is 6.46. The van der Waals surface area contributed by atoms with Crippen LogP contribution in [0.2, 0.25) is 0 Å². The monoisotopic (exact) mass is 297 g/mol. The van der Waals surface area contributed by atoms with Gasteiger partial charge in [0.05, 0.1) is 17.8 Å². The number of hydrogen-bond acceptors (Lipinski definition) is 5. The van der Waals surface area contributed by atoms with Gasteiger partial charge in [0.2, 0.25) is 0 Å². The van der Waals surface area contributed by atoms with E-state index in [1.54, 1.807) is 24.3 Å². The molecule has 0 bridgehead atoms. The Bertz CT molecular complexity index is 736. The number of hydrogen-bond donors (Lipinski definition) is 2. The molecule has 7 heteroatoms. The highest BCUT2D eigenvalue weighted by molar-refractivity contribution is 6.20.